The summed E-state index contributed by atoms with van der Waals surface area (Å²) in [7, 11) is 1.68. The molecular weight excluding hydrogens is 338 g/mol. The Morgan fingerprint density at radius 2 is 2.00 bits per heavy atom. The maximum atomic E-state index is 12.3. The van der Waals surface area contributed by atoms with Crippen molar-refractivity contribution in [2.45, 2.75) is 19.1 Å². The lowest BCUT2D eigenvalue weighted by Gasteiger charge is -2.15. The SMILES string of the molecule is Cn1ncc2c(=O)n(CCC(=O)O[C@H](C(N)=O)c3ccccc3)cnc21. The van der Waals surface area contributed by atoms with E-state index in [-0.39, 0.29) is 18.5 Å². The lowest BCUT2D eigenvalue weighted by molar-refractivity contribution is -0.155. The fraction of sp³-hybridized carbons (Fsp3) is 0.235. The minimum absolute atomic E-state index is 0.0653. The smallest absolute Gasteiger partial charge is 0.308 e. The highest BCUT2D eigenvalue weighted by atomic mass is 16.5. The molecule has 9 nitrogen and oxygen atoms in total. The van der Waals surface area contributed by atoms with Crippen LogP contribution in [0.25, 0.3) is 11.0 Å². The van der Waals surface area contributed by atoms with Crippen LogP contribution in [0.2, 0.25) is 0 Å². The summed E-state index contributed by atoms with van der Waals surface area (Å²) >= 11 is 0. The van der Waals surface area contributed by atoms with Crippen LogP contribution in [0.15, 0.2) is 47.7 Å². The van der Waals surface area contributed by atoms with Gasteiger partial charge in [0.2, 0.25) is 6.10 Å². The molecule has 0 radical (unpaired) electrons. The number of esters is 1. The average Bonchev–Trinajstić information content (AvgIpc) is 3.01. The number of aromatic nitrogens is 4. The molecule has 0 aliphatic rings. The molecule has 9 heteroatoms. The summed E-state index contributed by atoms with van der Waals surface area (Å²) in [6.07, 6.45) is 1.50. The van der Waals surface area contributed by atoms with Gasteiger partial charge < -0.3 is 10.5 Å². The highest BCUT2D eigenvalue weighted by Crippen LogP contribution is 2.17. The molecule has 0 spiro atoms. The molecule has 0 bridgehead atoms. The van der Waals surface area contributed by atoms with E-state index in [1.807, 2.05) is 0 Å². The first-order chi connectivity index (χ1) is 12.5. The van der Waals surface area contributed by atoms with Crippen LogP contribution >= 0.6 is 0 Å². The molecule has 2 aromatic heterocycles. The van der Waals surface area contributed by atoms with E-state index in [9.17, 15) is 14.4 Å². The predicted molar refractivity (Wildman–Crippen MR) is 91.9 cm³/mol. The normalized spacial score (nSPS) is 12.0. The van der Waals surface area contributed by atoms with Crippen LogP contribution in [0.1, 0.15) is 18.1 Å². The van der Waals surface area contributed by atoms with Gasteiger partial charge in [-0.15, -0.1) is 0 Å². The van der Waals surface area contributed by atoms with Gasteiger partial charge in [0, 0.05) is 19.2 Å². The molecule has 0 unspecified atom stereocenters. The van der Waals surface area contributed by atoms with E-state index in [4.69, 9.17) is 10.5 Å². The molecule has 134 valence electrons. The number of primary amides is 1. The van der Waals surface area contributed by atoms with Gasteiger partial charge in [0.15, 0.2) is 5.65 Å². The van der Waals surface area contributed by atoms with Crippen molar-refractivity contribution < 1.29 is 14.3 Å². The summed E-state index contributed by atoms with van der Waals surface area (Å²) < 4.78 is 7.98. The van der Waals surface area contributed by atoms with Gasteiger partial charge in [-0.2, -0.15) is 5.10 Å². The van der Waals surface area contributed by atoms with E-state index in [2.05, 4.69) is 10.1 Å². The number of ether oxygens (including phenoxy) is 1. The van der Waals surface area contributed by atoms with Gasteiger partial charge in [-0.3, -0.25) is 23.6 Å². The van der Waals surface area contributed by atoms with Gasteiger partial charge >= 0.3 is 5.97 Å². The molecular formula is C17H17N5O4. The first kappa shape index (κ1) is 17.3. The Bertz CT molecular complexity index is 1010. The number of hydrogen-bond donors (Lipinski definition) is 1. The summed E-state index contributed by atoms with van der Waals surface area (Å²) in [6, 6.07) is 8.50. The Labute approximate surface area is 148 Å². The third-order valence-electron chi connectivity index (χ3n) is 3.89. The topological polar surface area (TPSA) is 122 Å². The second-order valence-corrected chi connectivity index (χ2v) is 5.68. The molecule has 3 aromatic rings. The summed E-state index contributed by atoms with van der Waals surface area (Å²) in [4.78, 5) is 40.2. The average molecular weight is 355 g/mol. The molecule has 0 saturated heterocycles. The number of rotatable bonds is 6. The molecule has 0 saturated carbocycles. The van der Waals surface area contributed by atoms with E-state index in [0.29, 0.717) is 16.6 Å². The fourth-order valence-electron chi connectivity index (χ4n) is 2.55. The van der Waals surface area contributed by atoms with Crippen molar-refractivity contribution in [2.24, 2.45) is 12.8 Å². The predicted octanol–water partition coefficient (Wildman–Crippen LogP) is 0.290. The van der Waals surface area contributed by atoms with E-state index in [0.717, 1.165) is 0 Å². The van der Waals surface area contributed by atoms with E-state index in [1.54, 1.807) is 37.4 Å². The minimum atomic E-state index is -1.17. The van der Waals surface area contributed by atoms with Crippen molar-refractivity contribution in [1.82, 2.24) is 19.3 Å². The molecule has 2 heterocycles. The Hall–Kier alpha value is -3.49. The van der Waals surface area contributed by atoms with Crippen LogP contribution in [0, 0.1) is 0 Å². The number of aryl methyl sites for hydroxylation is 2. The number of carbonyl (C=O) groups is 2. The molecule has 1 atom stereocenters. The number of amides is 1. The molecule has 26 heavy (non-hydrogen) atoms. The van der Waals surface area contributed by atoms with Gasteiger partial charge in [-0.05, 0) is 0 Å². The van der Waals surface area contributed by atoms with E-state index in [1.165, 1.54) is 21.8 Å². The highest BCUT2D eigenvalue weighted by Gasteiger charge is 2.22. The van der Waals surface area contributed by atoms with Crippen molar-refractivity contribution in [2.75, 3.05) is 0 Å². The van der Waals surface area contributed by atoms with Crippen molar-refractivity contribution in [3.63, 3.8) is 0 Å². The second-order valence-electron chi connectivity index (χ2n) is 5.68. The van der Waals surface area contributed by atoms with Crippen molar-refractivity contribution in [1.29, 1.82) is 0 Å². The third-order valence-corrected chi connectivity index (χ3v) is 3.89. The lowest BCUT2D eigenvalue weighted by atomic mass is 10.1. The summed E-state index contributed by atoms with van der Waals surface area (Å²) in [5.74, 6) is -1.41. The number of nitrogens with zero attached hydrogens (tertiary/aromatic N) is 4. The van der Waals surface area contributed by atoms with E-state index < -0.39 is 18.0 Å². The van der Waals surface area contributed by atoms with Crippen LogP contribution < -0.4 is 11.3 Å². The Balaban J connectivity index is 1.70. The Kier molecular flexibility index (Phi) is 4.78. The maximum absolute atomic E-state index is 12.3. The summed E-state index contributed by atoms with van der Waals surface area (Å²) in [5.41, 5.74) is 5.98. The number of nitrogens with two attached hydrogens (primary N) is 1. The van der Waals surface area contributed by atoms with Crippen LogP contribution in [0.3, 0.4) is 0 Å². The van der Waals surface area contributed by atoms with Crippen LogP contribution in [0.5, 0.6) is 0 Å². The third kappa shape index (κ3) is 3.46. The number of hydrogen-bond acceptors (Lipinski definition) is 6. The van der Waals surface area contributed by atoms with Gasteiger partial charge in [0.25, 0.3) is 11.5 Å². The molecule has 0 aliphatic heterocycles. The minimum Gasteiger partial charge on any atom is -0.447 e. The van der Waals surface area contributed by atoms with Gasteiger partial charge in [-0.25, -0.2) is 4.98 Å². The Morgan fingerprint density at radius 3 is 2.69 bits per heavy atom. The first-order valence-corrected chi connectivity index (χ1v) is 7.88. The molecule has 0 aliphatic carbocycles. The number of carbonyl (C=O) groups excluding carboxylic acids is 2. The zero-order valence-electron chi connectivity index (χ0n) is 14.0. The van der Waals surface area contributed by atoms with Crippen molar-refractivity contribution in [3.8, 4) is 0 Å². The fourth-order valence-corrected chi connectivity index (χ4v) is 2.55. The number of fused-ring (bicyclic) bond motifs is 1. The molecule has 2 N–H and O–H groups in total. The van der Waals surface area contributed by atoms with Crippen LogP contribution in [-0.2, 0) is 27.9 Å². The quantitative estimate of drug-likeness (QED) is 0.634. The molecule has 3 rings (SSSR count). The van der Waals surface area contributed by atoms with Gasteiger partial charge in [0.05, 0.1) is 18.9 Å². The second kappa shape index (κ2) is 7.18. The van der Waals surface area contributed by atoms with Crippen molar-refractivity contribution in [3.05, 3.63) is 58.8 Å². The van der Waals surface area contributed by atoms with E-state index >= 15 is 0 Å². The van der Waals surface area contributed by atoms with Crippen LogP contribution in [0.4, 0.5) is 0 Å². The first-order valence-electron chi connectivity index (χ1n) is 7.88. The van der Waals surface area contributed by atoms with Crippen molar-refractivity contribution >= 4 is 22.9 Å². The molecule has 0 fully saturated rings. The molecule has 1 amide bonds. The molecule has 1 aromatic carbocycles. The van der Waals surface area contributed by atoms with Gasteiger partial charge in [-0.1, -0.05) is 30.3 Å². The largest absolute Gasteiger partial charge is 0.447 e. The zero-order chi connectivity index (χ0) is 18.7. The number of benzene rings is 1. The standard InChI is InChI=1S/C17H17N5O4/c1-21-16-12(9-20-21)17(25)22(10-19-16)8-7-13(23)26-14(15(18)24)11-5-3-2-4-6-11/h2-6,9-10,14H,7-8H2,1H3,(H2,18,24)/t14-/m0/s1. The zero-order valence-corrected chi connectivity index (χ0v) is 14.0. The lowest BCUT2D eigenvalue weighted by Crippen LogP contribution is -2.27. The highest BCUT2D eigenvalue weighted by molar-refractivity contribution is 5.83. The maximum Gasteiger partial charge on any atom is 0.308 e. The summed E-state index contributed by atoms with van der Waals surface area (Å²) in [6.45, 7) is 0.0653. The monoisotopic (exact) mass is 355 g/mol. The van der Waals surface area contributed by atoms with Gasteiger partial charge in [0.1, 0.15) is 5.39 Å². The Morgan fingerprint density at radius 1 is 1.27 bits per heavy atom. The summed E-state index contributed by atoms with van der Waals surface area (Å²) in [5, 5.41) is 4.35. The van der Waals surface area contributed by atoms with Crippen LogP contribution in [-0.4, -0.2) is 31.2 Å².